The molecular weight excluding hydrogens is 320 g/mol. The molecule has 1 nitrogen and oxygen atoms in total. The highest BCUT2D eigenvalue weighted by atomic mass is 19.4. The van der Waals surface area contributed by atoms with Crippen molar-refractivity contribution in [2.24, 2.45) is 0 Å². The zero-order valence-electron chi connectivity index (χ0n) is 11.6. The summed E-state index contributed by atoms with van der Waals surface area (Å²) in [7, 11) is 0. The molecule has 0 aliphatic carbocycles. The predicted molar refractivity (Wildman–Crippen MR) is 73.0 cm³/mol. The van der Waals surface area contributed by atoms with Gasteiger partial charge in [-0.15, -0.1) is 0 Å². The molecule has 1 heterocycles. The fourth-order valence-electron chi connectivity index (χ4n) is 2.79. The molecule has 2 aromatic rings. The quantitative estimate of drug-likeness (QED) is 0.687. The monoisotopic (exact) mass is 331 g/mol. The van der Waals surface area contributed by atoms with E-state index in [9.17, 15) is 26.3 Å². The Morgan fingerprint density at radius 1 is 0.870 bits per heavy atom. The molecule has 1 unspecified atom stereocenters. The van der Waals surface area contributed by atoms with Crippen LogP contribution in [0.15, 0.2) is 42.5 Å². The first-order chi connectivity index (χ1) is 10.7. The molecule has 0 fully saturated rings. The molecule has 0 spiro atoms. The van der Waals surface area contributed by atoms with Crippen molar-refractivity contribution in [2.75, 3.05) is 5.32 Å². The predicted octanol–water partition coefficient (Wildman–Crippen LogP) is 5.43. The third-order valence-corrected chi connectivity index (χ3v) is 3.83. The summed E-state index contributed by atoms with van der Waals surface area (Å²) in [6, 6.07) is 7.55. The largest absolute Gasteiger partial charge is 0.416 e. The second kappa shape index (κ2) is 5.18. The van der Waals surface area contributed by atoms with Gasteiger partial charge in [0, 0.05) is 5.69 Å². The van der Waals surface area contributed by atoms with Gasteiger partial charge in [0.15, 0.2) is 0 Å². The van der Waals surface area contributed by atoms with Crippen molar-refractivity contribution in [1.29, 1.82) is 0 Å². The smallest absolute Gasteiger partial charge is 0.378 e. The highest BCUT2D eigenvalue weighted by molar-refractivity contribution is 5.60. The summed E-state index contributed by atoms with van der Waals surface area (Å²) in [4.78, 5) is 0. The molecule has 0 bridgehead atoms. The average Bonchev–Trinajstić information content (AvgIpc) is 2.88. The van der Waals surface area contributed by atoms with Crippen molar-refractivity contribution in [3.8, 4) is 0 Å². The van der Waals surface area contributed by atoms with Crippen LogP contribution < -0.4 is 5.32 Å². The van der Waals surface area contributed by atoms with Gasteiger partial charge < -0.3 is 5.32 Å². The molecule has 1 aliphatic rings. The maximum atomic E-state index is 13.1. The molecule has 0 saturated carbocycles. The van der Waals surface area contributed by atoms with Gasteiger partial charge in [-0.05, 0) is 41.8 Å². The maximum Gasteiger partial charge on any atom is 0.416 e. The normalized spacial score (nSPS) is 17.7. The van der Waals surface area contributed by atoms with E-state index in [1.54, 1.807) is 0 Å². The van der Waals surface area contributed by atoms with Crippen molar-refractivity contribution in [3.63, 3.8) is 0 Å². The van der Waals surface area contributed by atoms with Gasteiger partial charge >= 0.3 is 12.4 Å². The number of anilines is 1. The van der Waals surface area contributed by atoms with E-state index in [1.807, 2.05) is 0 Å². The number of hydrogen-bond acceptors (Lipinski definition) is 1. The number of hydrogen-bond donors (Lipinski definition) is 1. The minimum absolute atomic E-state index is 0.0322. The number of halogens is 6. The van der Waals surface area contributed by atoms with Crippen LogP contribution in [-0.4, -0.2) is 0 Å². The van der Waals surface area contributed by atoms with Gasteiger partial charge in [-0.3, -0.25) is 0 Å². The molecule has 1 N–H and O–H groups in total. The molecule has 3 rings (SSSR count). The maximum absolute atomic E-state index is 13.1. The Morgan fingerprint density at radius 3 is 2.22 bits per heavy atom. The summed E-state index contributed by atoms with van der Waals surface area (Å²) in [5.74, 6) is 0. The van der Waals surface area contributed by atoms with Crippen molar-refractivity contribution >= 4 is 5.69 Å². The van der Waals surface area contributed by atoms with Crippen LogP contribution >= 0.6 is 0 Å². The summed E-state index contributed by atoms with van der Waals surface area (Å²) >= 11 is 0. The number of benzene rings is 2. The van der Waals surface area contributed by atoms with Crippen LogP contribution in [0.3, 0.4) is 0 Å². The van der Waals surface area contributed by atoms with Gasteiger partial charge in [0.25, 0.3) is 0 Å². The Kier molecular flexibility index (Phi) is 3.54. The Balaban J connectivity index is 1.95. The second-order valence-electron chi connectivity index (χ2n) is 5.36. The molecule has 0 radical (unpaired) electrons. The number of rotatable bonds is 1. The Labute approximate surface area is 127 Å². The van der Waals surface area contributed by atoms with Crippen molar-refractivity contribution in [1.82, 2.24) is 0 Å². The number of nitrogens with one attached hydrogen (secondary N) is 1. The zero-order chi connectivity index (χ0) is 16.8. The molecule has 0 aromatic heterocycles. The van der Waals surface area contributed by atoms with Gasteiger partial charge in [0.2, 0.25) is 0 Å². The molecule has 1 aliphatic heterocycles. The van der Waals surface area contributed by atoms with E-state index in [1.165, 1.54) is 24.3 Å². The van der Waals surface area contributed by atoms with Crippen molar-refractivity contribution in [3.05, 3.63) is 64.7 Å². The topological polar surface area (TPSA) is 12.0 Å². The Hall–Kier alpha value is -2.18. The third kappa shape index (κ3) is 3.00. The second-order valence-corrected chi connectivity index (χ2v) is 5.36. The SMILES string of the molecule is FC(F)(F)c1ccc2c(c1)CC(c1ccccc1C(F)(F)F)N2. The van der Waals surface area contributed by atoms with E-state index >= 15 is 0 Å². The van der Waals surface area contributed by atoms with Gasteiger partial charge in [-0.25, -0.2) is 0 Å². The third-order valence-electron chi connectivity index (χ3n) is 3.83. The summed E-state index contributed by atoms with van der Waals surface area (Å²) in [5.41, 5.74) is -0.754. The fraction of sp³-hybridized carbons (Fsp3) is 0.250. The van der Waals surface area contributed by atoms with Crippen molar-refractivity contribution in [2.45, 2.75) is 24.8 Å². The average molecular weight is 331 g/mol. The van der Waals surface area contributed by atoms with E-state index in [4.69, 9.17) is 0 Å². The summed E-state index contributed by atoms with van der Waals surface area (Å²) in [6.45, 7) is 0. The lowest BCUT2D eigenvalue weighted by atomic mass is 9.97. The summed E-state index contributed by atoms with van der Waals surface area (Å²) in [5, 5.41) is 2.87. The highest BCUT2D eigenvalue weighted by Crippen LogP contribution is 2.42. The van der Waals surface area contributed by atoms with Crippen LogP contribution in [0.2, 0.25) is 0 Å². The zero-order valence-corrected chi connectivity index (χ0v) is 11.6. The van der Waals surface area contributed by atoms with Gasteiger partial charge in [-0.2, -0.15) is 26.3 Å². The van der Waals surface area contributed by atoms with Crippen LogP contribution in [0.1, 0.15) is 28.3 Å². The van der Waals surface area contributed by atoms with Crippen LogP contribution in [0.25, 0.3) is 0 Å². The number of fused-ring (bicyclic) bond motifs is 1. The molecule has 1 atom stereocenters. The first kappa shape index (κ1) is 15.7. The lowest BCUT2D eigenvalue weighted by Gasteiger charge is -2.18. The highest BCUT2D eigenvalue weighted by Gasteiger charge is 2.37. The van der Waals surface area contributed by atoms with E-state index in [2.05, 4.69) is 5.32 Å². The van der Waals surface area contributed by atoms with E-state index in [0.717, 1.165) is 18.2 Å². The molecule has 0 amide bonds. The lowest BCUT2D eigenvalue weighted by Crippen LogP contribution is -2.15. The van der Waals surface area contributed by atoms with Gasteiger partial charge in [0.1, 0.15) is 0 Å². The number of alkyl halides is 6. The molecule has 7 heteroatoms. The summed E-state index contributed by atoms with van der Waals surface area (Å²) < 4.78 is 77.4. The molecule has 23 heavy (non-hydrogen) atoms. The van der Waals surface area contributed by atoms with Crippen LogP contribution in [0.4, 0.5) is 32.0 Å². The van der Waals surface area contributed by atoms with Crippen LogP contribution in [0, 0.1) is 0 Å². The fourth-order valence-corrected chi connectivity index (χ4v) is 2.79. The first-order valence-corrected chi connectivity index (χ1v) is 6.79. The minimum Gasteiger partial charge on any atom is -0.378 e. The summed E-state index contributed by atoms with van der Waals surface area (Å²) in [6.07, 6.45) is -8.91. The first-order valence-electron chi connectivity index (χ1n) is 6.79. The van der Waals surface area contributed by atoms with Crippen LogP contribution in [-0.2, 0) is 18.8 Å². The van der Waals surface area contributed by atoms with E-state index in [0.29, 0.717) is 11.3 Å². The molecule has 0 saturated heterocycles. The van der Waals surface area contributed by atoms with Gasteiger partial charge in [0.05, 0.1) is 17.2 Å². The Bertz CT molecular complexity index is 732. The van der Waals surface area contributed by atoms with E-state index in [-0.39, 0.29) is 12.0 Å². The van der Waals surface area contributed by atoms with Crippen LogP contribution in [0.5, 0.6) is 0 Å². The molecular formula is C16H11F6N. The standard InChI is InChI=1S/C16H11F6N/c17-15(18,19)10-5-6-13-9(7-10)8-14(23-13)11-3-1-2-4-12(11)16(20,21)22/h1-7,14,23H,8H2. The molecule has 2 aromatic carbocycles. The Morgan fingerprint density at radius 2 is 1.57 bits per heavy atom. The van der Waals surface area contributed by atoms with Gasteiger partial charge in [-0.1, -0.05) is 18.2 Å². The lowest BCUT2D eigenvalue weighted by molar-refractivity contribution is -0.138. The van der Waals surface area contributed by atoms with Crippen molar-refractivity contribution < 1.29 is 26.3 Å². The minimum atomic E-state index is -4.51. The van der Waals surface area contributed by atoms with E-state index < -0.39 is 29.5 Å². The molecule has 122 valence electrons.